The second-order valence-electron chi connectivity index (χ2n) is 7.15. The fourth-order valence-electron chi connectivity index (χ4n) is 3.12. The number of carbonyl (C=O) groups excluding carboxylic acids is 1. The van der Waals surface area contributed by atoms with E-state index in [2.05, 4.69) is 11.7 Å². The molecule has 0 aliphatic rings. The summed E-state index contributed by atoms with van der Waals surface area (Å²) < 4.78 is 4.63. The smallest absolute Gasteiger partial charge is 0.305 e. The number of methoxy groups -OCH3 is 1. The lowest BCUT2D eigenvalue weighted by atomic mass is 10.0. The molecule has 0 aliphatic heterocycles. The molecule has 1 atom stereocenters. The average molecular weight is 343 g/mol. The molecule has 144 valence electrons. The monoisotopic (exact) mass is 342 g/mol. The first-order valence-corrected chi connectivity index (χ1v) is 10.5. The molecule has 0 aromatic rings. The van der Waals surface area contributed by atoms with Crippen molar-refractivity contribution in [3.8, 4) is 0 Å². The van der Waals surface area contributed by atoms with Gasteiger partial charge in [0.15, 0.2) is 0 Å². The summed E-state index contributed by atoms with van der Waals surface area (Å²) in [7, 11) is 1.46. The zero-order valence-corrected chi connectivity index (χ0v) is 16.4. The second kappa shape index (κ2) is 18.8. The Hall–Kier alpha value is -0.570. The predicted molar refractivity (Wildman–Crippen MR) is 102 cm³/mol. The summed E-state index contributed by atoms with van der Waals surface area (Å²) >= 11 is 0. The summed E-state index contributed by atoms with van der Waals surface area (Å²) in [5.74, 6) is -0.0823. The minimum absolute atomic E-state index is 0.0631. The van der Waals surface area contributed by atoms with Gasteiger partial charge in [-0.05, 0) is 19.3 Å². The summed E-state index contributed by atoms with van der Waals surface area (Å²) in [6, 6.07) is 0. The van der Waals surface area contributed by atoms with Crippen molar-refractivity contribution >= 4 is 5.97 Å². The van der Waals surface area contributed by atoms with Gasteiger partial charge in [0.25, 0.3) is 0 Å². The quantitative estimate of drug-likeness (QED) is 0.239. The molecule has 0 radical (unpaired) electrons. The lowest BCUT2D eigenvalue weighted by Crippen LogP contribution is -2.05. The van der Waals surface area contributed by atoms with Crippen LogP contribution in [0.4, 0.5) is 0 Å². The fraction of sp³-hybridized carbons (Fsp3) is 0.952. The molecular formula is C21H42O3. The molecule has 0 bridgehead atoms. The van der Waals surface area contributed by atoms with Gasteiger partial charge in [0.1, 0.15) is 0 Å². The average Bonchev–Trinajstić information content (AvgIpc) is 2.59. The summed E-state index contributed by atoms with van der Waals surface area (Å²) in [5.41, 5.74) is 0. The highest BCUT2D eigenvalue weighted by Crippen LogP contribution is 2.14. The van der Waals surface area contributed by atoms with Crippen LogP contribution in [0.5, 0.6) is 0 Å². The van der Waals surface area contributed by atoms with Gasteiger partial charge < -0.3 is 9.84 Å². The van der Waals surface area contributed by atoms with E-state index in [1.807, 2.05) is 0 Å². The topological polar surface area (TPSA) is 46.5 Å². The van der Waals surface area contributed by atoms with E-state index in [0.717, 1.165) is 25.7 Å². The van der Waals surface area contributed by atoms with Gasteiger partial charge in [0, 0.05) is 6.42 Å². The Kier molecular flexibility index (Phi) is 18.3. The van der Waals surface area contributed by atoms with Crippen molar-refractivity contribution in [1.29, 1.82) is 0 Å². The van der Waals surface area contributed by atoms with Crippen LogP contribution in [-0.2, 0) is 9.53 Å². The second-order valence-corrected chi connectivity index (χ2v) is 7.15. The first kappa shape index (κ1) is 23.4. The molecule has 1 N–H and O–H groups in total. The molecular weight excluding hydrogens is 300 g/mol. The third kappa shape index (κ3) is 17.8. The number of aliphatic hydroxyl groups is 1. The van der Waals surface area contributed by atoms with E-state index in [0.29, 0.717) is 6.42 Å². The van der Waals surface area contributed by atoms with E-state index in [1.165, 1.54) is 84.2 Å². The zero-order valence-electron chi connectivity index (χ0n) is 16.4. The highest BCUT2D eigenvalue weighted by molar-refractivity contribution is 5.68. The summed E-state index contributed by atoms with van der Waals surface area (Å²) in [6.07, 6.45) is 19.9. The lowest BCUT2D eigenvalue weighted by molar-refractivity contribution is -0.140. The molecule has 3 heteroatoms. The van der Waals surface area contributed by atoms with Crippen molar-refractivity contribution in [2.45, 2.75) is 122 Å². The van der Waals surface area contributed by atoms with Crippen LogP contribution in [0.15, 0.2) is 0 Å². The van der Waals surface area contributed by atoms with E-state index < -0.39 is 0 Å². The molecule has 24 heavy (non-hydrogen) atoms. The number of esters is 1. The van der Waals surface area contributed by atoms with E-state index in [-0.39, 0.29) is 12.1 Å². The molecule has 0 spiro atoms. The Balaban J connectivity index is 3.13. The predicted octanol–water partition coefficient (Wildman–Crippen LogP) is 6.17. The van der Waals surface area contributed by atoms with Gasteiger partial charge in [-0.3, -0.25) is 4.79 Å². The van der Waals surface area contributed by atoms with Gasteiger partial charge in [-0.25, -0.2) is 0 Å². The summed E-state index contributed by atoms with van der Waals surface area (Å²) in [6.45, 7) is 2.22. The highest BCUT2D eigenvalue weighted by Gasteiger charge is 2.03. The Morgan fingerprint density at radius 1 is 0.750 bits per heavy atom. The van der Waals surface area contributed by atoms with Crippen LogP contribution in [0.2, 0.25) is 0 Å². The van der Waals surface area contributed by atoms with Crippen LogP contribution in [0, 0.1) is 0 Å². The van der Waals surface area contributed by atoms with Gasteiger partial charge in [-0.1, -0.05) is 90.4 Å². The van der Waals surface area contributed by atoms with Crippen LogP contribution in [0.3, 0.4) is 0 Å². The van der Waals surface area contributed by atoms with Gasteiger partial charge in [0.05, 0.1) is 13.2 Å². The normalized spacial score (nSPS) is 12.3. The molecule has 0 heterocycles. The number of carbonyl (C=O) groups is 1. The molecule has 0 rings (SSSR count). The summed E-state index contributed by atoms with van der Waals surface area (Å²) in [4.78, 5) is 11.0. The number of ether oxygens (including phenoxy) is 1. The van der Waals surface area contributed by atoms with Crippen molar-refractivity contribution in [3.63, 3.8) is 0 Å². The minimum Gasteiger partial charge on any atom is -0.469 e. The molecule has 1 unspecified atom stereocenters. The number of aliphatic hydroxyl groups excluding tert-OH is 1. The number of hydrogen-bond acceptors (Lipinski definition) is 3. The standard InChI is InChI=1S/C21H42O3/c1-3-4-5-14-17-20(22)18-15-12-10-8-6-7-9-11-13-16-19-21(23)24-2/h20,22H,3-19H2,1-2H3. The van der Waals surface area contributed by atoms with Crippen molar-refractivity contribution in [3.05, 3.63) is 0 Å². The zero-order chi connectivity index (χ0) is 17.9. The SMILES string of the molecule is CCCCCCC(O)CCCCCCCCCCCCC(=O)OC. The van der Waals surface area contributed by atoms with Crippen LogP contribution in [0.1, 0.15) is 116 Å². The van der Waals surface area contributed by atoms with Crippen LogP contribution >= 0.6 is 0 Å². The molecule has 0 saturated heterocycles. The van der Waals surface area contributed by atoms with E-state index in [9.17, 15) is 9.90 Å². The van der Waals surface area contributed by atoms with Gasteiger partial charge in [-0.2, -0.15) is 0 Å². The molecule has 0 aliphatic carbocycles. The Morgan fingerprint density at radius 2 is 1.17 bits per heavy atom. The Bertz CT molecular complexity index is 266. The van der Waals surface area contributed by atoms with Crippen LogP contribution in [-0.4, -0.2) is 24.3 Å². The lowest BCUT2D eigenvalue weighted by Gasteiger charge is -2.10. The molecule has 0 aromatic heterocycles. The van der Waals surface area contributed by atoms with Crippen molar-refractivity contribution in [2.75, 3.05) is 7.11 Å². The number of rotatable bonds is 18. The van der Waals surface area contributed by atoms with E-state index in [4.69, 9.17) is 0 Å². The third-order valence-corrected chi connectivity index (χ3v) is 4.79. The van der Waals surface area contributed by atoms with E-state index in [1.54, 1.807) is 0 Å². The summed E-state index contributed by atoms with van der Waals surface area (Å²) in [5, 5.41) is 9.91. The van der Waals surface area contributed by atoms with Crippen molar-refractivity contribution in [1.82, 2.24) is 0 Å². The van der Waals surface area contributed by atoms with Gasteiger partial charge in [0.2, 0.25) is 0 Å². The third-order valence-electron chi connectivity index (χ3n) is 4.79. The molecule has 3 nitrogen and oxygen atoms in total. The number of unbranched alkanes of at least 4 members (excludes halogenated alkanes) is 12. The maximum absolute atomic E-state index is 11.0. The first-order chi connectivity index (χ1) is 11.7. The Labute approximate surface area is 150 Å². The maximum atomic E-state index is 11.0. The fourth-order valence-corrected chi connectivity index (χ4v) is 3.12. The molecule has 0 saturated carbocycles. The first-order valence-electron chi connectivity index (χ1n) is 10.5. The van der Waals surface area contributed by atoms with Crippen molar-refractivity contribution < 1.29 is 14.6 Å². The molecule has 0 amide bonds. The van der Waals surface area contributed by atoms with Crippen molar-refractivity contribution in [2.24, 2.45) is 0 Å². The molecule has 0 aromatic carbocycles. The van der Waals surface area contributed by atoms with Crippen LogP contribution in [0.25, 0.3) is 0 Å². The van der Waals surface area contributed by atoms with E-state index >= 15 is 0 Å². The number of hydrogen-bond donors (Lipinski definition) is 1. The maximum Gasteiger partial charge on any atom is 0.305 e. The minimum atomic E-state index is -0.0823. The molecule has 0 fully saturated rings. The van der Waals surface area contributed by atoms with Crippen LogP contribution < -0.4 is 0 Å². The largest absolute Gasteiger partial charge is 0.469 e. The van der Waals surface area contributed by atoms with Gasteiger partial charge in [-0.15, -0.1) is 0 Å². The Morgan fingerprint density at radius 3 is 1.62 bits per heavy atom. The van der Waals surface area contributed by atoms with Gasteiger partial charge >= 0.3 is 5.97 Å². The highest BCUT2D eigenvalue weighted by atomic mass is 16.5.